The summed E-state index contributed by atoms with van der Waals surface area (Å²) in [5.74, 6) is 0.840. The van der Waals surface area contributed by atoms with Crippen molar-refractivity contribution < 1.29 is 29.1 Å². The lowest BCUT2D eigenvalue weighted by Gasteiger charge is -2.32. The van der Waals surface area contributed by atoms with Gasteiger partial charge in [0.2, 0.25) is 0 Å². The summed E-state index contributed by atoms with van der Waals surface area (Å²) in [6.07, 6.45) is 11.6. The molecule has 0 spiro atoms. The van der Waals surface area contributed by atoms with E-state index in [1.165, 1.54) is 25.7 Å². The number of ether oxygens (including phenoxy) is 1. The van der Waals surface area contributed by atoms with Crippen molar-refractivity contribution in [1.29, 1.82) is 0 Å². The number of carboxylic acid groups (broad SMARTS) is 2. The van der Waals surface area contributed by atoms with Crippen molar-refractivity contribution >= 4 is 34.4 Å². The molecular formula is C28H35N5O6. The van der Waals surface area contributed by atoms with Crippen LogP contribution in [0.3, 0.4) is 0 Å². The molecular weight excluding hydrogens is 502 g/mol. The first-order valence-electron chi connectivity index (χ1n) is 13.2. The third-order valence-corrected chi connectivity index (χ3v) is 6.93. The molecule has 0 radical (unpaired) electrons. The lowest BCUT2D eigenvalue weighted by Crippen LogP contribution is -2.34. The van der Waals surface area contributed by atoms with Gasteiger partial charge in [-0.3, -0.25) is 0 Å². The number of hydrogen-bond donors (Lipinski definition) is 2. The molecule has 2 aliphatic rings. The van der Waals surface area contributed by atoms with E-state index in [9.17, 15) is 9.59 Å². The zero-order valence-corrected chi connectivity index (χ0v) is 22.3. The monoisotopic (exact) mass is 537 g/mol. The summed E-state index contributed by atoms with van der Waals surface area (Å²) >= 11 is 0. The van der Waals surface area contributed by atoms with Crippen molar-refractivity contribution in [3.8, 4) is 5.75 Å². The van der Waals surface area contributed by atoms with Crippen LogP contribution < -0.4 is 14.5 Å². The Kier molecular flexibility index (Phi) is 9.35. The van der Waals surface area contributed by atoms with Gasteiger partial charge in [0.15, 0.2) is 5.58 Å². The number of hydrogen-bond acceptors (Lipinski definition) is 9. The third kappa shape index (κ3) is 7.92. The highest BCUT2D eigenvalue weighted by Gasteiger charge is 2.25. The summed E-state index contributed by atoms with van der Waals surface area (Å²) < 4.78 is 11.9. The van der Waals surface area contributed by atoms with Crippen molar-refractivity contribution in [3.63, 3.8) is 0 Å². The minimum Gasteiger partial charge on any atom is -0.491 e. The molecule has 0 bridgehead atoms. The Morgan fingerprint density at radius 2 is 1.79 bits per heavy atom. The smallest absolute Gasteiger partial charge is 0.328 e. The quantitative estimate of drug-likeness (QED) is 0.362. The molecule has 11 nitrogen and oxygen atoms in total. The molecule has 1 saturated heterocycles. The number of aliphatic carboxylic acids is 2. The maximum atomic E-state index is 9.55. The van der Waals surface area contributed by atoms with Gasteiger partial charge in [0.1, 0.15) is 23.6 Å². The number of anilines is 2. The van der Waals surface area contributed by atoms with Gasteiger partial charge in [-0.25, -0.2) is 19.6 Å². The average molecular weight is 538 g/mol. The predicted octanol–water partition coefficient (Wildman–Crippen LogP) is 4.03. The fourth-order valence-electron chi connectivity index (χ4n) is 4.64. The van der Waals surface area contributed by atoms with E-state index < -0.39 is 11.9 Å². The lowest BCUT2D eigenvalue weighted by atomic mass is 9.91. The zero-order valence-electron chi connectivity index (χ0n) is 22.3. The fraction of sp³-hybridized carbons (Fsp3) is 0.464. The number of piperidine rings is 1. The van der Waals surface area contributed by atoms with E-state index in [2.05, 4.69) is 37.1 Å². The largest absolute Gasteiger partial charge is 0.491 e. The van der Waals surface area contributed by atoms with Crippen LogP contribution in [0, 0.1) is 11.8 Å². The Bertz CT molecular complexity index is 1260. The van der Waals surface area contributed by atoms with Crippen molar-refractivity contribution in [2.45, 2.75) is 38.5 Å². The SMILES string of the molecule is CN(C)c1c(OCC2CC2)ccc2c(CCC3CCN(c4ccncn4)CC3)noc12.O=C(O)/C=C/C(=O)O. The second-order valence-electron chi connectivity index (χ2n) is 10.1. The van der Waals surface area contributed by atoms with Gasteiger partial charge in [-0.15, -0.1) is 0 Å². The van der Waals surface area contributed by atoms with E-state index in [1.54, 1.807) is 6.33 Å². The summed E-state index contributed by atoms with van der Waals surface area (Å²) in [6.45, 7) is 2.89. The van der Waals surface area contributed by atoms with E-state index in [0.29, 0.717) is 18.1 Å². The number of fused-ring (bicyclic) bond motifs is 1. The maximum Gasteiger partial charge on any atom is 0.328 e. The normalized spacial score (nSPS) is 15.7. The minimum atomic E-state index is -1.26. The van der Waals surface area contributed by atoms with Gasteiger partial charge in [0.25, 0.3) is 0 Å². The van der Waals surface area contributed by atoms with E-state index >= 15 is 0 Å². The van der Waals surface area contributed by atoms with E-state index in [4.69, 9.17) is 19.5 Å². The molecule has 1 aliphatic carbocycles. The van der Waals surface area contributed by atoms with Gasteiger partial charge in [0.05, 0.1) is 12.3 Å². The highest BCUT2D eigenvalue weighted by molar-refractivity contribution is 5.94. The van der Waals surface area contributed by atoms with Crippen LogP contribution >= 0.6 is 0 Å². The Labute approximate surface area is 227 Å². The molecule has 3 aromatic rings. The number of aryl methyl sites for hydroxylation is 1. The van der Waals surface area contributed by atoms with Gasteiger partial charge in [-0.2, -0.15) is 0 Å². The maximum absolute atomic E-state index is 9.55. The van der Waals surface area contributed by atoms with Crippen LogP contribution in [0.2, 0.25) is 0 Å². The molecule has 39 heavy (non-hydrogen) atoms. The Balaban J connectivity index is 0.000000386. The van der Waals surface area contributed by atoms with Gasteiger partial charge in [-0.1, -0.05) is 5.16 Å². The van der Waals surface area contributed by atoms with Gasteiger partial charge >= 0.3 is 11.9 Å². The second kappa shape index (κ2) is 13.1. The lowest BCUT2D eigenvalue weighted by molar-refractivity contribution is -0.134. The van der Waals surface area contributed by atoms with Crippen LogP contribution in [0.25, 0.3) is 11.0 Å². The molecule has 0 amide bonds. The number of nitrogens with zero attached hydrogens (tertiary/aromatic N) is 5. The number of carboxylic acids is 2. The summed E-state index contributed by atoms with van der Waals surface area (Å²) in [4.78, 5) is 31.9. The van der Waals surface area contributed by atoms with Crippen LogP contribution in [0.4, 0.5) is 11.5 Å². The highest BCUT2D eigenvalue weighted by Crippen LogP contribution is 2.39. The van der Waals surface area contributed by atoms with E-state index in [0.717, 1.165) is 72.4 Å². The first-order chi connectivity index (χ1) is 18.8. The Morgan fingerprint density at radius 3 is 2.38 bits per heavy atom. The molecule has 2 N–H and O–H groups in total. The molecule has 11 heteroatoms. The molecule has 5 rings (SSSR count). The molecule has 0 atom stereocenters. The summed E-state index contributed by atoms with van der Waals surface area (Å²) in [5, 5.41) is 21.2. The molecule has 3 heterocycles. The molecule has 2 fully saturated rings. The zero-order chi connectivity index (χ0) is 27.8. The fourth-order valence-corrected chi connectivity index (χ4v) is 4.64. The van der Waals surface area contributed by atoms with Crippen molar-refractivity contribution in [2.75, 3.05) is 43.6 Å². The Hall–Kier alpha value is -4.15. The van der Waals surface area contributed by atoms with Crippen LogP contribution in [-0.2, 0) is 16.0 Å². The molecule has 208 valence electrons. The standard InChI is InChI=1S/C24H31N5O2.C4H4O4/c1-28(2)23-21(30-15-18-3-4-18)8-6-19-20(27-31-24(19)23)7-5-17-10-13-29(14-11-17)22-9-12-25-16-26-22;5-3(6)1-2-4(7)8/h6,8-9,12,16-18H,3-5,7,10-11,13-15H2,1-2H3;1-2H,(H,5,6)(H,7,8)/b;2-1+. The Morgan fingerprint density at radius 1 is 1.08 bits per heavy atom. The molecule has 2 aromatic heterocycles. The topological polar surface area (TPSA) is 142 Å². The van der Waals surface area contributed by atoms with Gasteiger partial charge < -0.3 is 29.3 Å². The van der Waals surface area contributed by atoms with Gasteiger partial charge in [-0.05, 0) is 68.6 Å². The average Bonchev–Trinajstić information content (AvgIpc) is 3.68. The number of rotatable bonds is 10. The van der Waals surface area contributed by atoms with Crippen LogP contribution in [0.5, 0.6) is 5.75 Å². The van der Waals surface area contributed by atoms with Crippen LogP contribution in [-0.4, -0.2) is 71.1 Å². The third-order valence-electron chi connectivity index (χ3n) is 6.93. The van der Waals surface area contributed by atoms with E-state index in [-0.39, 0.29) is 0 Å². The minimum absolute atomic E-state index is 0.558. The molecule has 1 saturated carbocycles. The first-order valence-corrected chi connectivity index (χ1v) is 13.2. The summed E-state index contributed by atoms with van der Waals surface area (Å²) in [5.41, 5.74) is 2.90. The first kappa shape index (κ1) is 27.9. The van der Waals surface area contributed by atoms with E-state index in [1.807, 2.05) is 26.4 Å². The van der Waals surface area contributed by atoms with Crippen LogP contribution in [0.1, 0.15) is 37.8 Å². The number of aromatic nitrogens is 3. The van der Waals surface area contributed by atoms with Crippen LogP contribution in [0.15, 0.2) is 47.4 Å². The number of benzene rings is 1. The van der Waals surface area contributed by atoms with Crippen molar-refractivity contribution in [2.24, 2.45) is 11.8 Å². The predicted molar refractivity (Wildman–Crippen MR) is 146 cm³/mol. The molecule has 1 aromatic carbocycles. The molecule has 1 aliphatic heterocycles. The molecule has 0 unspecified atom stereocenters. The van der Waals surface area contributed by atoms with Crippen molar-refractivity contribution in [1.82, 2.24) is 15.1 Å². The summed E-state index contributed by atoms with van der Waals surface area (Å²) in [6, 6.07) is 6.20. The van der Waals surface area contributed by atoms with Crippen molar-refractivity contribution in [3.05, 3.63) is 48.6 Å². The summed E-state index contributed by atoms with van der Waals surface area (Å²) in [7, 11) is 4.07. The number of carbonyl (C=O) groups is 2. The van der Waals surface area contributed by atoms with Gasteiger partial charge in [0, 0.05) is 50.9 Å². The second-order valence-corrected chi connectivity index (χ2v) is 10.1. The highest BCUT2D eigenvalue weighted by atomic mass is 16.5.